The van der Waals surface area contributed by atoms with Gasteiger partial charge in [-0.2, -0.15) is 10.5 Å². The van der Waals surface area contributed by atoms with Crippen LogP contribution in [0.2, 0.25) is 0 Å². The van der Waals surface area contributed by atoms with Gasteiger partial charge in [0.05, 0.1) is 17.9 Å². The minimum Gasteiger partial charge on any atom is -0.212 e. The van der Waals surface area contributed by atoms with Gasteiger partial charge in [-0.15, -0.1) is 0 Å². The Morgan fingerprint density at radius 3 is 1.70 bits per heavy atom. The summed E-state index contributed by atoms with van der Waals surface area (Å²) in [6.45, 7) is 1.08. The van der Waals surface area contributed by atoms with Crippen LogP contribution >= 0.6 is 0 Å². The highest BCUT2D eigenvalue weighted by molar-refractivity contribution is 7.88. The maximum absolute atomic E-state index is 12.9. The standard InChI is InChI=1S/C21H31N3O2S/c22-16-10-3-1-5-12-18-24(19-13-6-2-4-11-17-23)27(25,26)20-21-14-8-7-9-15-21/h7-9,14-15H,1-6,10-13,18-20H2. The summed E-state index contributed by atoms with van der Waals surface area (Å²) in [5.41, 5.74) is 0.811. The molecule has 1 rings (SSSR count). The molecule has 0 N–H and O–H groups in total. The number of nitrogens with zero attached hydrogens (tertiary/aromatic N) is 3. The van der Waals surface area contributed by atoms with Gasteiger partial charge in [0.1, 0.15) is 0 Å². The lowest BCUT2D eigenvalue weighted by molar-refractivity contribution is 0.384. The molecule has 148 valence electrons. The zero-order chi connectivity index (χ0) is 19.8. The van der Waals surface area contributed by atoms with Crippen LogP contribution in [-0.2, 0) is 15.8 Å². The molecule has 0 spiro atoms. The molecule has 6 heteroatoms. The summed E-state index contributed by atoms with van der Waals surface area (Å²) in [5, 5.41) is 17.2. The monoisotopic (exact) mass is 389 g/mol. The molecule has 0 unspecified atom stereocenters. The maximum Gasteiger partial charge on any atom is 0.218 e. The molecule has 27 heavy (non-hydrogen) atoms. The predicted molar refractivity (Wildman–Crippen MR) is 108 cm³/mol. The van der Waals surface area contributed by atoms with Gasteiger partial charge in [0, 0.05) is 25.9 Å². The lowest BCUT2D eigenvalue weighted by Crippen LogP contribution is -2.34. The highest BCUT2D eigenvalue weighted by Crippen LogP contribution is 2.15. The first-order chi connectivity index (χ1) is 13.1. The first-order valence-corrected chi connectivity index (χ1v) is 11.5. The van der Waals surface area contributed by atoms with Crippen molar-refractivity contribution in [3.8, 4) is 12.1 Å². The summed E-state index contributed by atoms with van der Waals surface area (Å²) in [6, 6.07) is 13.6. The van der Waals surface area contributed by atoms with Crippen molar-refractivity contribution in [2.24, 2.45) is 0 Å². The average molecular weight is 390 g/mol. The predicted octanol–water partition coefficient (Wildman–Crippen LogP) is 4.77. The molecule has 1 aromatic carbocycles. The van der Waals surface area contributed by atoms with Gasteiger partial charge in [-0.1, -0.05) is 56.0 Å². The zero-order valence-electron chi connectivity index (χ0n) is 16.1. The largest absolute Gasteiger partial charge is 0.218 e. The Balaban J connectivity index is 2.54. The van der Waals surface area contributed by atoms with Crippen molar-refractivity contribution in [1.29, 1.82) is 10.5 Å². The molecule has 0 aliphatic rings. The normalized spacial score (nSPS) is 11.2. The fourth-order valence-electron chi connectivity index (χ4n) is 2.96. The van der Waals surface area contributed by atoms with Crippen molar-refractivity contribution in [3.63, 3.8) is 0 Å². The third-order valence-electron chi connectivity index (χ3n) is 4.48. The fraction of sp³-hybridized carbons (Fsp3) is 0.619. The number of hydrogen-bond acceptors (Lipinski definition) is 4. The molecular formula is C21H31N3O2S. The molecular weight excluding hydrogens is 358 g/mol. The lowest BCUT2D eigenvalue weighted by Gasteiger charge is -2.22. The van der Waals surface area contributed by atoms with Gasteiger partial charge >= 0.3 is 0 Å². The van der Waals surface area contributed by atoms with Gasteiger partial charge in [-0.25, -0.2) is 12.7 Å². The molecule has 0 fully saturated rings. The van der Waals surface area contributed by atoms with Crippen molar-refractivity contribution in [2.75, 3.05) is 13.1 Å². The van der Waals surface area contributed by atoms with Crippen molar-refractivity contribution >= 4 is 10.0 Å². The number of unbranched alkanes of at least 4 members (excludes halogenated alkanes) is 8. The second-order valence-corrected chi connectivity index (χ2v) is 8.75. The number of hydrogen-bond donors (Lipinski definition) is 0. The first-order valence-electron chi connectivity index (χ1n) is 9.86. The van der Waals surface area contributed by atoms with E-state index in [0.717, 1.165) is 56.9 Å². The SMILES string of the molecule is N#CCCCCCCN(CCCCCCC#N)S(=O)(=O)Cc1ccccc1. The van der Waals surface area contributed by atoms with E-state index in [9.17, 15) is 8.42 Å². The van der Waals surface area contributed by atoms with E-state index in [4.69, 9.17) is 10.5 Å². The van der Waals surface area contributed by atoms with Crippen molar-refractivity contribution < 1.29 is 8.42 Å². The van der Waals surface area contributed by atoms with Gasteiger partial charge < -0.3 is 0 Å². The summed E-state index contributed by atoms with van der Waals surface area (Å²) in [5.74, 6) is 0.0384. The molecule has 0 aliphatic carbocycles. The second kappa shape index (κ2) is 14.2. The van der Waals surface area contributed by atoms with E-state index in [0.29, 0.717) is 25.9 Å². The molecule has 0 bridgehead atoms. The molecule has 0 radical (unpaired) electrons. The van der Waals surface area contributed by atoms with Gasteiger partial charge in [0.2, 0.25) is 10.0 Å². The minimum absolute atomic E-state index is 0.0384. The van der Waals surface area contributed by atoms with Crippen LogP contribution in [0.25, 0.3) is 0 Å². The van der Waals surface area contributed by atoms with Crippen LogP contribution in [0.15, 0.2) is 30.3 Å². The van der Waals surface area contributed by atoms with E-state index in [1.165, 1.54) is 0 Å². The van der Waals surface area contributed by atoms with Gasteiger partial charge in [0.15, 0.2) is 0 Å². The van der Waals surface area contributed by atoms with Gasteiger partial charge in [-0.3, -0.25) is 0 Å². The molecule has 0 heterocycles. The Morgan fingerprint density at radius 2 is 1.22 bits per heavy atom. The van der Waals surface area contributed by atoms with Crippen molar-refractivity contribution in [3.05, 3.63) is 35.9 Å². The summed E-state index contributed by atoms with van der Waals surface area (Å²) in [6.07, 6.45) is 8.38. The third-order valence-corrected chi connectivity index (χ3v) is 6.33. The van der Waals surface area contributed by atoms with Crippen molar-refractivity contribution in [2.45, 2.75) is 70.0 Å². The van der Waals surface area contributed by atoms with Crippen LogP contribution < -0.4 is 0 Å². The van der Waals surface area contributed by atoms with E-state index in [1.807, 2.05) is 30.3 Å². The van der Waals surface area contributed by atoms with Crippen LogP contribution in [0.5, 0.6) is 0 Å². The number of benzene rings is 1. The van der Waals surface area contributed by atoms with E-state index < -0.39 is 10.0 Å². The van der Waals surface area contributed by atoms with Gasteiger partial charge in [-0.05, 0) is 31.2 Å². The first kappa shape index (κ1) is 23.1. The van der Waals surface area contributed by atoms with E-state index in [2.05, 4.69) is 12.1 Å². The van der Waals surface area contributed by atoms with E-state index in [1.54, 1.807) is 4.31 Å². The van der Waals surface area contributed by atoms with Crippen LogP contribution in [0.1, 0.15) is 69.8 Å². The number of rotatable bonds is 15. The Labute approximate surface area is 164 Å². The third kappa shape index (κ3) is 10.8. The topological polar surface area (TPSA) is 85.0 Å². The average Bonchev–Trinajstić information content (AvgIpc) is 2.65. The highest BCUT2D eigenvalue weighted by atomic mass is 32.2. The van der Waals surface area contributed by atoms with Crippen LogP contribution in [0.3, 0.4) is 0 Å². The van der Waals surface area contributed by atoms with Gasteiger partial charge in [0.25, 0.3) is 0 Å². The second-order valence-electron chi connectivity index (χ2n) is 6.79. The number of sulfonamides is 1. The van der Waals surface area contributed by atoms with Crippen LogP contribution in [0.4, 0.5) is 0 Å². The van der Waals surface area contributed by atoms with E-state index >= 15 is 0 Å². The smallest absolute Gasteiger partial charge is 0.212 e. The quantitative estimate of drug-likeness (QED) is 0.405. The Morgan fingerprint density at radius 1 is 0.741 bits per heavy atom. The Kier molecular flexibility index (Phi) is 12.2. The maximum atomic E-state index is 12.9. The lowest BCUT2D eigenvalue weighted by atomic mass is 10.1. The summed E-state index contributed by atoms with van der Waals surface area (Å²) in [4.78, 5) is 0. The highest BCUT2D eigenvalue weighted by Gasteiger charge is 2.21. The summed E-state index contributed by atoms with van der Waals surface area (Å²) < 4.78 is 27.4. The molecule has 0 amide bonds. The Hall–Kier alpha value is -1.89. The zero-order valence-corrected chi connectivity index (χ0v) is 17.0. The van der Waals surface area contributed by atoms with E-state index in [-0.39, 0.29) is 5.75 Å². The summed E-state index contributed by atoms with van der Waals surface area (Å²) in [7, 11) is -3.34. The molecule has 0 aliphatic heterocycles. The molecule has 0 aromatic heterocycles. The summed E-state index contributed by atoms with van der Waals surface area (Å²) >= 11 is 0. The van der Waals surface area contributed by atoms with Crippen LogP contribution in [-0.4, -0.2) is 25.8 Å². The molecule has 0 atom stereocenters. The minimum atomic E-state index is -3.34. The molecule has 1 aromatic rings. The molecule has 0 saturated carbocycles. The van der Waals surface area contributed by atoms with Crippen LogP contribution in [0, 0.1) is 22.7 Å². The fourth-order valence-corrected chi connectivity index (χ4v) is 4.57. The Bertz CT molecular complexity index is 664. The van der Waals surface area contributed by atoms with Crippen molar-refractivity contribution in [1.82, 2.24) is 4.31 Å². The number of nitriles is 2. The molecule has 5 nitrogen and oxygen atoms in total. The molecule has 0 saturated heterocycles.